The zero-order valence-corrected chi connectivity index (χ0v) is 12.4. The van der Waals surface area contributed by atoms with E-state index in [0.717, 1.165) is 6.07 Å². The number of carboxylic acid groups (broad SMARTS) is 1. The molecule has 1 unspecified atom stereocenters. The molecule has 0 aliphatic rings. The first-order valence-electron chi connectivity index (χ1n) is 6.67. The summed E-state index contributed by atoms with van der Waals surface area (Å²) in [5.41, 5.74) is 5.10. The van der Waals surface area contributed by atoms with E-state index in [1.165, 1.54) is 12.1 Å². The second-order valence-electron chi connectivity index (χ2n) is 6.21. The van der Waals surface area contributed by atoms with Crippen LogP contribution >= 0.6 is 0 Å². The molecule has 21 heavy (non-hydrogen) atoms. The maximum Gasteiger partial charge on any atom is 0.308 e. The normalized spacial score (nSPS) is 12.8. The fraction of sp³-hybridized carbons (Fsp3) is 0.467. The van der Waals surface area contributed by atoms with Crippen LogP contribution in [0.15, 0.2) is 18.2 Å². The fourth-order valence-corrected chi connectivity index (χ4v) is 2.03. The third kappa shape index (κ3) is 5.06. The Kier molecular flexibility index (Phi) is 5.29. The molecule has 0 saturated carbocycles. The Morgan fingerprint density at radius 1 is 1.38 bits per heavy atom. The summed E-state index contributed by atoms with van der Waals surface area (Å²) >= 11 is 0. The van der Waals surface area contributed by atoms with Crippen LogP contribution in [-0.2, 0) is 4.79 Å². The molecule has 5 nitrogen and oxygen atoms in total. The number of hydrogen-bond donors (Lipinski definition) is 3. The van der Waals surface area contributed by atoms with Crippen LogP contribution in [-0.4, -0.2) is 23.5 Å². The molecule has 1 aromatic carbocycles. The SMILES string of the molecule is CC(C)(C)CC(CNC(=O)c1cccc(F)c1N)C(=O)O. The Hall–Kier alpha value is -2.11. The Balaban J connectivity index is 2.74. The summed E-state index contributed by atoms with van der Waals surface area (Å²) in [6.07, 6.45) is 0.418. The van der Waals surface area contributed by atoms with Crippen molar-refractivity contribution in [2.75, 3.05) is 12.3 Å². The van der Waals surface area contributed by atoms with E-state index in [0.29, 0.717) is 6.42 Å². The summed E-state index contributed by atoms with van der Waals surface area (Å²) in [5.74, 6) is -2.93. The number of nitrogen functional groups attached to an aromatic ring is 1. The highest BCUT2D eigenvalue weighted by Crippen LogP contribution is 2.24. The molecule has 0 spiro atoms. The van der Waals surface area contributed by atoms with Crippen LogP contribution in [0.3, 0.4) is 0 Å². The van der Waals surface area contributed by atoms with Crippen molar-refractivity contribution in [3.63, 3.8) is 0 Å². The van der Waals surface area contributed by atoms with Crippen molar-refractivity contribution in [1.82, 2.24) is 5.32 Å². The van der Waals surface area contributed by atoms with Crippen molar-refractivity contribution >= 4 is 17.6 Å². The average molecular weight is 296 g/mol. The Morgan fingerprint density at radius 3 is 2.52 bits per heavy atom. The number of hydrogen-bond acceptors (Lipinski definition) is 3. The molecule has 6 heteroatoms. The molecule has 1 rings (SSSR count). The number of benzene rings is 1. The summed E-state index contributed by atoms with van der Waals surface area (Å²) in [6.45, 7) is 5.75. The molecule has 1 amide bonds. The highest BCUT2D eigenvalue weighted by molar-refractivity contribution is 5.99. The lowest BCUT2D eigenvalue weighted by Gasteiger charge is -2.23. The lowest BCUT2D eigenvalue weighted by molar-refractivity contribution is -0.142. The van der Waals surface area contributed by atoms with Gasteiger partial charge in [-0.1, -0.05) is 26.8 Å². The lowest BCUT2D eigenvalue weighted by Crippen LogP contribution is -2.35. The number of nitrogens with two attached hydrogens (primary N) is 1. The predicted octanol–water partition coefficient (Wildman–Crippen LogP) is 2.27. The Labute approximate surface area is 123 Å². The van der Waals surface area contributed by atoms with Crippen molar-refractivity contribution in [2.24, 2.45) is 11.3 Å². The molecule has 0 radical (unpaired) electrons. The first-order valence-corrected chi connectivity index (χ1v) is 6.67. The van der Waals surface area contributed by atoms with E-state index in [1.807, 2.05) is 20.8 Å². The number of para-hydroxylation sites is 1. The van der Waals surface area contributed by atoms with Crippen LogP contribution in [0.4, 0.5) is 10.1 Å². The molecular formula is C15H21FN2O3. The van der Waals surface area contributed by atoms with Gasteiger partial charge in [-0.3, -0.25) is 9.59 Å². The van der Waals surface area contributed by atoms with E-state index in [9.17, 15) is 19.1 Å². The van der Waals surface area contributed by atoms with Gasteiger partial charge >= 0.3 is 5.97 Å². The number of carbonyl (C=O) groups is 2. The molecule has 1 aromatic rings. The van der Waals surface area contributed by atoms with Gasteiger partial charge in [-0.2, -0.15) is 0 Å². The smallest absolute Gasteiger partial charge is 0.308 e. The van der Waals surface area contributed by atoms with E-state index < -0.39 is 23.6 Å². The summed E-state index contributed by atoms with van der Waals surface area (Å²) in [4.78, 5) is 23.2. The van der Waals surface area contributed by atoms with Gasteiger partial charge in [0.2, 0.25) is 0 Å². The molecule has 4 N–H and O–H groups in total. The quantitative estimate of drug-likeness (QED) is 0.727. The minimum absolute atomic E-state index is 0.00916. The minimum Gasteiger partial charge on any atom is -0.481 e. The third-order valence-corrected chi connectivity index (χ3v) is 3.01. The predicted molar refractivity (Wildman–Crippen MR) is 78.3 cm³/mol. The monoisotopic (exact) mass is 296 g/mol. The Morgan fingerprint density at radius 2 is 2.00 bits per heavy atom. The van der Waals surface area contributed by atoms with Crippen molar-refractivity contribution in [1.29, 1.82) is 0 Å². The van der Waals surface area contributed by atoms with Gasteiger partial charge in [0.15, 0.2) is 0 Å². The third-order valence-electron chi connectivity index (χ3n) is 3.01. The minimum atomic E-state index is -0.975. The molecular weight excluding hydrogens is 275 g/mol. The zero-order chi connectivity index (χ0) is 16.2. The van der Waals surface area contributed by atoms with E-state index in [4.69, 9.17) is 5.73 Å². The van der Waals surface area contributed by atoms with Crippen LogP contribution in [0.1, 0.15) is 37.6 Å². The first kappa shape index (κ1) is 16.9. The van der Waals surface area contributed by atoms with Crippen LogP contribution in [0.25, 0.3) is 0 Å². The molecule has 0 fully saturated rings. The molecule has 0 aromatic heterocycles. The van der Waals surface area contributed by atoms with Gasteiger partial charge in [-0.05, 0) is 24.0 Å². The molecule has 116 valence electrons. The zero-order valence-electron chi connectivity index (χ0n) is 12.4. The largest absolute Gasteiger partial charge is 0.481 e. The number of carboxylic acids is 1. The summed E-state index contributed by atoms with van der Waals surface area (Å²) in [6, 6.07) is 3.93. The fourth-order valence-electron chi connectivity index (χ4n) is 2.03. The molecule has 0 bridgehead atoms. The first-order chi connectivity index (χ1) is 9.61. The van der Waals surface area contributed by atoms with Crippen LogP contribution in [0.2, 0.25) is 0 Å². The highest BCUT2D eigenvalue weighted by atomic mass is 19.1. The second kappa shape index (κ2) is 6.56. The number of nitrogens with one attached hydrogen (secondary N) is 1. The van der Waals surface area contributed by atoms with Gasteiger partial charge in [0.1, 0.15) is 5.82 Å². The molecule has 1 atom stereocenters. The standard InChI is InChI=1S/C15H21FN2O3/c1-15(2,3)7-9(14(20)21)8-18-13(19)10-5-4-6-11(16)12(10)17/h4-6,9H,7-8,17H2,1-3H3,(H,18,19)(H,20,21). The number of carbonyl (C=O) groups excluding carboxylic acids is 1. The van der Waals surface area contributed by atoms with E-state index in [1.54, 1.807) is 0 Å². The van der Waals surface area contributed by atoms with Crippen LogP contribution < -0.4 is 11.1 Å². The molecule has 0 aliphatic carbocycles. The van der Waals surface area contributed by atoms with Crippen molar-refractivity contribution in [2.45, 2.75) is 27.2 Å². The number of aliphatic carboxylic acids is 1. The maximum absolute atomic E-state index is 13.3. The van der Waals surface area contributed by atoms with Gasteiger partial charge in [-0.15, -0.1) is 0 Å². The lowest BCUT2D eigenvalue weighted by atomic mass is 9.84. The van der Waals surface area contributed by atoms with Crippen molar-refractivity contribution in [3.8, 4) is 0 Å². The number of anilines is 1. The average Bonchev–Trinajstić information content (AvgIpc) is 2.35. The van der Waals surface area contributed by atoms with E-state index in [-0.39, 0.29) is 23.2 Å². The maximum atomic E-state index is 13.3. The van der Waals surface area contributed by atoms with Gasteiger partial charge in [-0.25, -0.2) is 4.39 Å². The second-order valence-corrected chi connectivity index (χ2v) is 6.21. The van der Waals surface area contributed by atoms with Gasteiger partial charge in [0.05, 0.1) is 17.2 Å². The van der Waals surface area contributed by atoms with E-state index >= 15 is 0 Å². The van der Waals surface area contributed by atoms with Crippen LogP contribution in [0.5, 0.6) is 0 Å². The summed E-state index contributed by atoms with van der Waals surface area (Å²) in [5, 5.41) is 11.7. The highest BCUT2D eigenvalue weighted by Gasteiger charge is 2.25. The van der Waals surface area contributed by atoms with Crippen molar-refractivity contribution < 1.29 is 19.1 Å². The molecule has 0 aliphatic heterocycles. The van der Waals surface area contributed by atoms with Gasteiger partial charge in [0, 0.05) is 6.54 Å². The summed E-state index contributed by atoms with van der Waals surface area (Å²) in [7, 11) is 0. The van der Waals surface area contributed by atoms with E-state index in [2.05, 4.69) is 5.32 Å². The number of rotatable bonds is 5. The molecule has 0 heterocycles. The van der Waals surface area contributed by atoms with Crippen molar-refractivity contribution in [3.05, 3.63) is 29.6 Å². The topological polar surface area (TPSA) is 92.4 Å². The Bertz CT molecular complexity index is 538. The summed E-state index contributed by atoms with van der Waals surface area (Å²) < 4.78 is 13.3. The van der Waals surface area contributed by atoms with Gasteiger partial charge < -0.3 is 16.2 Å². The number of amides is 1. The molecule has 0 saturated heterocycles. The number of halogens is 1. The van der Waals surface area contributed by atoms with Gasteiger partial charge in [0.25, 0.3) is 5.91 Å². The van der Waals surface area contributed by atoms with Crippen LogP contribution in [0, 0.1) is 17.2 Å².